The molecule has 3 heterocycles. The summed E-state index contributed by atoms with van der Waals surface area (Å²) < 4.78 is 6.24. The van der Waals surface area contributed by atoms with Gasteiger partial charge in [-0.05, 0) is 59.9 Å². The van der Waals surface area contributed by atoms with Crippen molar-refractivity contribution < 1.29 is 4.42 Å². The summed E-state index contributed by atoms with van der Waals surface area (Å²) in [6.45, 7) is 0. The predicted molar refractivity (Wildman–Crippen MR) is 222 cm³/mol. The number of furan rings is 1. The molecule has 0 spiro atoms. The van der Waals surface area contributed by atoms with E-state index in [2.05, 4.69) is 109 Å². The van der Waals surface area contributed by atoms with E-state index < -0.39 is 0 Å². The molecule has 1 aliphatic rings. The fraction of sp³-hybridized carbons (Fsp3) is 0.0408. The normalized spacial score (nSPS) is 12.6. The lowest BCUT2D eigenvalue weighted by Crippen LogP contribution is -2.04. The van der Waals surface area contributed by atoms with E-state index in [1.54, 1.807) is 0 Å². The molecule has 55 heavy (non-hydrogen) atoms. The Kier molecular flexibility index (Phi) is 8.18. The molecule has 260 valence electrons. The van der Waals surface area contributed by atoms with Gasteiger partial charge in [0.15, 0.2) is 23.3 Å². The van der Waals surface area contributed by atoms with E-state index in [-0.39, 0.29) is 0 Å². The van der Waals surface area contributed by atoms with Gasteiger partial charge in [-0.1, -0.05) is 146 Å². The van der Waals surface area contributed by atoms with Gasteiger partial charge in [-0.2, -0.15) is 0 Å². The molecule has 0 unspecified atom stereocenters. The fourth-order valence-corrected chi connectivity index (χ4v) is 7.17. The highest BCUT2D eigenvalue weighted by Crippen LogP contribution is 2.34. The van der Waals surface area contributed by atoms with Crippen LogP contribution in [0.5, 0.6) is 0 Å². The average Bonchev–Trinajstić information content (AvgIpc) is 3.65. The van der Waals surface area contributed by atoms with Gasteiger partial charge in [0.05, 0.1) is 11.4 Å². The molecule has 0 bridgehead atoms. The Balaban J connectivity index is 1.08. The standard InChI is InChI=1S/C49H33N5O/c1-4-13-32(14-5-1)33-23-25-35(26-24-33)43-31-42(34-15-6-2-7-16-34)50-47(51-43)37-19-12-20-38(29-37)48-52-46(36-17-8-3-9-18-36)53-49(54-48)39-27-28-41-40-21-10-11-22-44(40)55-45(41)30-39/h1-8,10-17,19-31H,9,18H2. The van der Waals surface area contributed by atoms with Gasteiger partial charge in [0.25, 0.3) is 0 Å². The van der Waals surface area contributed by atoms with Crippen molar-refractivity contribution in [2.75, 3.05) is 0 Å². The second-order valence-electron chi connectivity index (χ2n) is 13.6. The molecule has 0 fully saturated rings. The lowest BCUT2D eigenvalue weighted by atomic mass is 10.0. The maximum absolute atomic E-state index is 6.24. The van der Waals surface area contributed by atoms with Gasteiger partial charge >= 0.3 is 0 Å². The van der Waals surface area contributed by atoms with Crippen LogP contribution in [-0.2, 0) is 0 Å². The first-order chi connectivity index (χ1) is 27.2. The number of fused-ring (bicyclic) bond motifs is 3. The lowest BCUT2D eigenvalue weighted by molar-refractivity contribution is 0.669. The monoisotopic (exact) mass is 707 g/mol. The van der Waals surface area contributed by atoms with Gasteiger partial charge < -0.3 is 4.42 Å². The van der Waals surface area contributed by atoms with Crippen LogP contribution in [-0.4, -0.2) is 24.9 Å². The third-order valence-corrected chi connectivity index (χ3v) is 10.0. The number of hydrogen-bond acceptors (Lipinski definition) is 6. The molecule has 6 heteroatoms. The highest BCUT2D eigenvalue weighted by Gasteiger charge is 2.18. The summed E-state index contributed by atoms with van der Waals surface area (Å²) in [6.07, 6.45) is 8.14. The van der Waals surface area contributed by atoms with Crippen LogP contribution in [0.15, 0.2) is 180 Å². The van der Waals surface area contributed by atoms with E-state index in [1.807, 2.05) is 66.7 Å². The van der Waals surface area contributed by atoms with Crippen molar-refractivity contribution in [2.24, 2.45) is 0 Å². The van der Waals surface area contributed by atoms with E-state index in [0.717, 1.165) is 85.1 Å². The van der Waals surface area contributed by atoms with Crippen molar-refractivity contribution >= 4 is 27.5 Å². The Labute approximate surface area is 318 Å². The molecular formula is C49H33N5O. The van der Waals surface area contributed by atoms with Gasteiger partial charge in [0.2, 0.25) is 0 Å². The molecule has 0 N–H and O–H groups in total. The fourth-order valence-electron chi connectivity index (χ4n) is 7.17. The number of hydrogen-bond donors (Lipinski definition) is 0. The highest BCUT2D eigenvalue weighted by molar-refractivity contribution is 6.05. The van der Waals surface area contributed by atoms with Crippen LogP contribution in [0, 0.1) is 0 Å². The molecule has 9 aromatic rings. The van der Waals surface area contributed by atoms with Gasteiger partial charge in [-0.3, -0.25) is 0 Å². The Morgan fingerprint density at radius 1 is 0.382 bits per heavy atom. The van der Waals surface area contributed by atoms with E-state index in [0.29, 0.717) is 23.3 Å². The minimum absolute atomic E-state index is 0.581. The van der Waals surface area contributed by atoms with Crippen molar-refractivity contribution in [1.82, 2.24) is 24.9 Å². The molecule has 10 rings (SSSR count). The topological polar surface area (TPSA) is 77.6 Å². The first-order valence-corrected chi connectivity index (χ1v) is 18.5. The summed E-state index contributed by atoms with van der Waals surface area (Å²) in [7, 11) is 0. The van der Waals surface area contributed by atoms with Gasteiger partial charge in [-0.15, -0.1) is 0 Å². The van der Waals surface area contributed by atoms with Crippen molar-refractivity contribution in [1.29, 1.82) is 0 Å². The van der Waals surface area contributed by atoms with Crippen molar-refractivity contribution in [3.63, 3.8) is 0 Å². The predicted octanol–water partition coefficient (Wildman–Crippen LogP) is 12.3. The number of rotatable bonds is 7. The molecule has 0 saturated carbocycles. The first kappa shape index (κ1) is 32.3. The molecule has 6 aromatic carbocycles. The summed E-state index contributed by atoms with van der Waals surface area (Å²) >= 11 is 0. The highest BCUT2D eigenvalue weighted by atomic mass is 16.3. The van der Waals surface area contributed by atoms with Crippen LogP contribution in [0.4, 0.5) is 0 Å². The SMILES string of the molecule is C1=CCCC(c2nc(-c3cccc(-c4nc(-c5ccccc5)cc(-c5ccc(-c6ccccc6)cc5)n4)c3)nc(-c3ccc4c(c3)oc3ccccc34)n2)=C1. The van der Waals surface area contributed by atoms with Crippen LogP contribution >= 0.6 is 0 Å². The Morgan fingerprint density at radius 2 is 0.909 bits per heavy atom. The third-order valence-electron chi connectivity index (χ3n) is 10.0. The van der Waals surface area contributed by atoms with Crippen LogP contribution in [0.3, 0.4) is 0 Å². The van der Waals surface area contributed by atoms with E-state index in [1.165, 1.54) is 5.56 Å². The molecule has 3 aromatic heterocycles. The number of nitrogens with zero attached hydrogens (tertiary/aromatic N) is 5. The van der Waals surface area contributed by atoms with Crippen molar-refractivity contribution in [3.05, 3.63) is 182 Å². The van der Waals surface area contributed by atoms with Crippen molar-refractivity contribution in [3.8, 4) is 67.8 Å². The third kappa shape index (κ3) is 6.40. The quantitative estimate of drug-likeness (QED) is 0.164. The van der Waals surface area contributed by atoms with Gasteiger partial charge in [0, 0.05) is 38.6 Å². The minimum Gasteiger partial charge on any atom is -0.456 e. The van der Waals surface area contributed by atoms with Gasteiger partial charge in [0.1, 0.15) is 11.2 Å². The zero-order chi connectivity index (χ0) is 36.6. The van der Waals surface area contributed by atoms with Crippen LogP contribution in [0.1, 0.15) is 18.7 Å². The maximum atomic E-state index is 6.24. The molecule has 0 amide bonds. The largest absolute Gasteiger partial charge is 0.456 e. The summed E-state index contributed by atoms with van der Waals surface area (Å²) in [5, 5.41) is 2.15. The molecule has 0 saturated heterocycles. The zero-order valence-corrected chi connectivity index (χ0v) is 29.8. The van der Waals surface area contributed by atoms with Crippen LogP contribution in [0.25, 0.3) is 95.3 Å². The minimum atomic E-state index is 0.581. The maximum Gasteiger partial charge on any atom is 0.164 e. The smallest absolute Gasteiger partial charge is 0.164 e. The number of para-hydroxylation sites is 1. The Morgan fingerprint density at radius 3 is 1.62 bits per heavy atom. The first-order valence-electron chi connectivity index (χ1n) is 18.5. The molecule has 0 atom stereocenters. The summed E-state index contributed by atoms with van der Waals surface area (Å²) in [5.74, 6) is 2.46. The van der Waals surface area contributed by atoms with Crippen LogP contribution in [0.2, 0.25) is 0 Å². The second-order valence-corrected chi connectivity index (χ2v) is 13.6. The summed E-state index contributed by atoms with van der Waals surface area (Å²) in [4.78, 5) is 25.4. The van der Waals surface area contributed by atoms with Crippen LogP contribution < -0.4 is 0 Å². The van der Waals surface area contributed by atoms with Gasteiger partial charge in [-0.25, -0.2) is 24.9 Å². The van der Waals surface area contributed by atoms with E-state index in [9.17, 15) is 0 Å². The Hall–Kier alpha value is -7.31. The number of allylic oxidation sites excluding steroid dienone is 4. The summed E-state index contributed by atoms with van der Waals surface area (Å²) in [5.41, 5.74) is 11.4. The summed E-state index contributed by atoms with van der Waals surface area (Å²) in [6, 6.07) is 53.7. The average molecular weight is 708 g/mol. The molecule has 0 radical (unpaired) electrons. The number of aromatic nitrogens is 5. The molecular weight excluding hydrogens is 675 g/mol. The molecule has 1 aliphatic carbocycles. The van der Waals surface area contributed by atoms with E-state index in [4.69, 9.17) is 29.3 Å². The van der Waals surface area contributed by atoms with Crippen molar-refractivity contribution in [2.45, 2.75) is 12.8 Å². The lowest BCUT2D eigenvalue weighted by Gasteiger charge is -2.13. The zero-order valence-electron chi connectivity index (χ0n) is 29.8. The molecule has 6 nitrogen and oxygen atoms in total. The second kappa shape index (κ2) is 13.9. The Bertz CT molecular complexity index is 2910. The molecule has 0 aliphatic heterocycles. The van der Waals surface area contributed by atoms with E-state index >= 15 is 0 Å². The number of benzene rings is 6.